The summed E-state index contributed by atoms with van der Waals surface area (Å²) in [6, 6.07) is 8.24. The van der Waals surface area contributed by atoms with Gasteiger partial charge in [0.1, 0.15) is 5.54 Å². The summed E-state index contributed by atoms with van der Waals surface area (Å²) in [7, 11) is 0. The molecular formula is C23H20ClN5O5. The largest absolute Gasteiger partial charge is 0.370 e. The van der Waals surface area contributed by atoms with Crippen LogP contribution in [-0.4, -0.2) is 35.6 Å². The number of hydrogen-bond donors (Lipinski definition) is 4. The second-order valence-electron chi connectivity index (χ2n) is 8.78. The summed E-state index contributed by atoms with van der Waals surface area (Å²) >= 11 is 6.38. The van der Waals surface area contributed by atoms with Crippen molar-refractivity contribution in [3.8, 4) is 0 Å². The zero-order valence-electron chi connectivity index (χ0n) is 17.9. The molecule has 34 heavy (non-hydrogen) atoms. The van der Waals surface area contributed by atoms with Crippen molar-refractivity contribution in [3.63, 3.8) is 0 Å². The van der Waals surface area contributed by atoms with Gasteiger partial charge < -0.3 is 16.8 Å². The third kappa shape index (κ3) is 2.88. The summed E-state index contributed by atoms with van der Waals surface area (Å²) in [5.41, 5.74) is 11.1. The number of rotatable bonds is 4. The molecule has 1 spiro atoms. The van der Waals surface area contributed by atoms with Crippen LogP contribution >= 0.6 is 11.6 Å². The highest BCUT2D eigenvalue weighted by molar-refractivity contribution is 6.35. The number of benzene rings is 2. The van der Waals surface area contributed by atoms with Crippen molar-refractivity contribution < 1.29 is 24.0 Å². The van der Waals surface area contributed by atoms with Crippen molar-refractivity contribution in [2.45, 2.75) is 24.9 Å². The highest BCUT2D eigenvalue weighted by Crippen LogP contribution is 2.55. The van der Waals surface area contributed by atoms with Gasteiger partial charge in [-0.2, -0.15) is 0 Å². The van der Waals surface area contributed by atoms with E-state index in [1.807, 2.05) is 0 Å². The molecule has 2 fully saturated rings. The summed E-state index contributed by atoms with van der Waals surface area (Å²) in [5, 5.41) is 6.15. The van der Waals surface area contributed by atoms with Gasteiger partial charge in [-0.15, -0.1) is 0 Å². The van der Waals surface area contributed by atoms with E-state index in [4.69, 9.17) is 23.1 Å². The molecule has 2 saturated heterocycles. The molecule has 3 aliphatic heterocycles. The predicted molar refractivity (Wildman–Crippen MR) is 122 cm³/mol. The van der Waals surface area contributed by atoms with Gasteiger partial charge in [0.2, 0.25) is 29.5 Å². The monoisotopic (exact) mass is 481 g/mol. The average Bonchev–Trinajstić information content (AvgIpc) is 3.33. The lowest BCUT2D eigenvalue weighted by Crippen LogP contribution is -2.53. The second kappa shape index (κ2) is 7.37. The van der Waals surface area contributed by atoms with E-state index in [0.717, 1.165) is 10.5 Å². The van der Waals surface area contributed by atoms with Gasteiger partial charge in [-0.05, 0) is 42.8 Å². The molecule has 4 unspecified atom stereocenters. The van der Waals surface area contributed by atoms with Crippen molar-refractivity contribution in [1.82, 2.24) is 5.32 Å². The Morgan fingerprint density at radius 2 is 1.76 bits per heavy atom. The maximum Gasteiger partial charge on any atom is 0.250 e. The third-order valence-corrected chi connectivity index (χ3v) is 7.05. The van der Waals surface area contributed by atoms with E-state index in [2.05, 4.69) is 10.6 Å². The number of aryl methyl sites for hydroxylation is 1. The topological polar surface area (TPSA) is 165 Å². The van der Waals surface area contributed by atoms with Crippen LogP contribution < -0.4 is 27.0 Å². The van der Waals surface area contributed by atoms with E-state index >= 15 is 0 Å². The highest BCUT2D eigenvalue weighted by atomic mass is 35.5. The van der Waals surface area contributed by atoms with E-state index in [9.17, 15) is 24.0 Å². The number of nitrogens with two attached hydrogens (primary N) is 2. The summed E-state index contributed by atoms with van der Waals surface area (Å²) < 4.78 is 0. The number of amides is 5. The van der Waals surface area contributed by atoms with Crippen LogP contribution in [0.4, 0.5) is 11.4 Å². The molecule has 0 aliphatic carbocycles. The minimum absolute atomic E-state index is 0.210. The quantitative estimate of drug-likeness (QED) is 0.465. The number of anilines is 2. The first kappa shape index (κ1) is 22.1. The van der Waals surface area contributed by atoms with E-state index in [1.165, 1.54) is 24.3 Å². The Morgan fingerprint density at radius 3 is 2.38 bits per heavy atom. The highest BCUT2D eigenvalue weighted by Gasteiger charge is 2.71. The lowest BCUT2D eigenvalue weighted by atomic mass is 9.76. The van der Waals surface area contributed by atoms with Gasteiger partial charge in [-0.25, -0.2) is 4.90 Å². The molecule has 2 aromatic rings. The van der Waals surface area contributed by atoms with Gasteiger partial charge in [0, 0.05) is 23.6 Å². The number of nitrogens with zero attached hydrogens (tertiary/aromatic N) is 1. The molecule has 0 radical (unpaired) electrons. The van der Waals surface area contributed by atoms with Crippen molar-refractivity contribution in [1.29, 1.82) is 0 Å². The molecular weight excluding hydrogens is 462 g/mol. The van der Waals surface area contributed by atoms with Gasteiger partial charge in [0.15, 0.2) is 0 Å². The zero-order chi connectivity index (χ0) is 24.5. The van der Waals surface area contributed by atoms with Crippen LogP contribution in [0.2, 0.25) is 5.02 Å². The van der Waals surface area contributed by atoms with Crippen LogP contribution in [0.15, 0.2) is 36.4 Å². The molecule has 10 nitrogen and oxygen atoms in total. The molecule has 5 amide bonds. The molecule has 3 heterocycles. The lowest BCUT2D eigenvalue weighted by molar-refractivity contribution is -0.130. The minimum atomic E-state index is -1.61. The van der Waals surface area contributed by atoms with E-state index < -0.39 is 53.0 Å². The Morgan fingerprint density at radius 1 is 1.09 bits per heavy atom. The van der Waals surface area contributed by atoms with Crippen LogP contribution in [0, 0.1) is 18.8 Å². The molecule has 3 aliphatic rings. The molecule has 174 valence electrons. The summed E-state index contributed by atoms with van der Waals surface area (Å²) in [6.07, 6.45) is -0.251. The number of carbonyl (C=O) groups is 5. The normalized spacial score (nSPS) is 27.2. The predicted octanol–water partition coefficient (Wildman–Crippen LogP) is 0.548. The van der Waals surface area contributed by atoms with Gasteiger partial charge in [0.25, 0.3) is 0 Å². The number of hydrogen-bond acceptors (Lipinski definition) is 6. The number of primary amides is 2. The Balaban J connectivity index is 1.66. The van der Waals surface area contributed by atoms with Gasteiger partial charge in [0.05, 0.1) is 28.2 Å². The number of fused-ring (bicyclic) bond motifs is 4. The van der Waals surface area contributed by atoms with Crippen LogP contribution in [0.25, 0.3) is 0 Å². The fourth-order valence-electron chi connectivity index (χ4n) is 5.41. The van der Waals surface area contributed by atoms with Crippen molar-refractivity contribution in [2.75, 3.05) is 10.2 Å². The van der Waals surface area contributed by atoms with Crippen molar-refractivity contribution >= 4 is 52.5 Å². The average molecular weight is 482 g/mol. The fourth-order valence-corrected chi connectivity index (χ4v) is 5.74. The van der Waals surface area contributed by atoms with Crippen molar-refractivity contribution in [2.24, 2.45) is 23.3 Å². The molecule has 6 N–H and O–H groups in total. The summed E-state index contributed by atoms with van der Waals surface area (Å²) in [4.78, 5) is 65.0. The number of nitrogens with one attached hydrogen (secondary N) is 2. The van der Waals surface area contributed by atoms with E-state index in [1.54, 1.807) is 19.1 Å². The van der Waals surface area contributed by atoms with Crippen LogP contribution in [0.3, 0.4) is 0 Å². The fraction of sp³-hybridized carbons (Fsp3) is 0.261. The van der Waals surface area contributed by atoms with E-state index in [-0.39, 0.29) is 17.7 Å². The SMILES string of the molecule is Cc1cc(Cl)c2c(c1)C1(NC(CC(N)=O)C3C(=O)N(c4ccc(C(N)=O)cc4)C(=O)C31)C(=O)N2. The van der Waals surface area contributed by atoms with Gasteiger partial charge >= 0.3 is 0 Å². The number of halogens is 1. The maximum absolute atomic E-state index is 13.8. The van der Waals surface area contributed by atoms with Gasteiger partial charge in [-0.1, -0.05) is 17.7 Å². The molecule has 0 saturated carbocycles. The third-order valence-electron chi connectivity index (χ3n) is 6.75. The lowest BCUT2D eigenvalue weighted by Gasteiger charge is -2.29. The van der Waals surface area contributed by atoms with Crippen LogP contribution in [0.1, 0.15) is 27.9 Å². The summed E-state index contributed by atoms with van der Waals surface area (Å²) in [5.74, 6) is -5.22. The Kier molecular flexibility index (Phi) is 4.78. The van der Waals surface area contributed by atoms with Crippen LogP contribution in [-0.2, 0) is 24.7 Å². The first-order valence-corrected chi connectivity index (χ1v) is 10.9. The Bertz CT molecular complexity index is 1310. The maximum atomic E-state index is 13.8. The first-order valence-electron chi connectivity index (χ1n) is 10.5. The first-order chi connectivity index (χ1) is 16.1. The zero-order valence-corrected chi connectivity index (χ0v) is 18.7. The van der Waals surface area contributed by atoms with Gasteiger partial charge in [-0.3, -0.25) is 29.3 Å². The summed E-state index contributed by atoms with van der Waals surface area (Å²) in [6.45, 7) is 1.80. The standard InChI is InChI=1S/C23H20ClN5O5/c1-9-6-12-18(13(24)7-9)27-22(34)23(12)17-16(14(28-23)8-15(25)30)20(32)29(21(17)33)11-4-2-10(3-5-11)19(26)31/h2-7,14,16-17,28H,8H2,1H3,(H2,25,30)(H2,26,31)(H,27,34). The number of imide groups is 1. The molecule has 2 aromatic carbocycles. The molecule has 0 bridgehead atoms. The van der Waals surface area contributed by atoms with E-state index in [0.29, 0.717) is 16.3 Å². The number of carbonyl (C=O) groups excluding carboxylic acids is 5. The molecule has 11 heteroatoms. The van der Waals surface area contributed by atoms with Crippen molar-refractivity contribution in [3.05, 3.63) is 58.1 Å². The molecule has 5 rings (SSSR count). The Hall–Kier alpha value is -3.76. The minimum Gasteiger partial charge on any atom is -0.370 e. The molecule has 0 aromatic heterocycles. The van der Waals surface area contributed by atoms with Crippen LogP contribution in [0.5, 0.6) is 0 Å². The smallest absolute Gasteiger partial charge is 0.250 e. The second-order valence-corrected chi connectivity index (χ2v) is 9.19. The Labute approximate surface area is 198 Å². The molecule has 4 atom stereocenters.